The summed E-state index contributed by atoms with van der Waals surface area (Å²) >= 11 is 0. The molecule has 2 heterocycles. The number of amides is 2. The van der Waals surface area contributed by atoms with Crippen molar-refractivity contribution in [2.45, 2.75) is 12.1 Å². The highest BCUT2D eigenvalue weighted by Crippen LogP contribution is 2.48. The third kappa shape index (κ3) is 2.99. The molecule has 2 aliphatic heterocycles. The van der Waals surface area contributed by atoms with Gasteiger partial charge in [-0.2, -0.15) is 5.26 Å². The average Bonchev–Trinajstić information content (AvgIpc) is 3.40. The number of imide groups is 1. The molecule has 0 spiro atoms. The Hall–Kier alpha value is -4.47. The van der Waals surface area contributed by atoms with E-state index in [-0.39, 0.29) is 11.8 Å². The van der Waals surface area contributed by atoms with Crippen molar-refractivity contribution in [1.82, 2.24) is 0 Å². The zero-order valence-corrected chi connectivity index (χ0v) is 18.0. The van der Waals surface area contributed by atoms with Gasteiger partial charge in [0, 0.05) is 5.39 Å². The Morgan fingerprint density at radius 3 is 2.24 bits per heavy atom. The second-order valence-electron chi connectivity index (χ2n) is 8.40. The van der Waals surface area contributed by atoms with Gasteiger partial charge >= 0.3 is 0 Å². The van der Waals surface area contributed by atoms with E-state index in [1.165, 1.54) is 4.90 Å². The van der Waals surface area contributed by atoms with Crippen molar-refractivity contribution < 1.29 is 14.4 Å². The minimum Gasteiger partial charge on any atom is -0.273 e. The van der Waals surface area contributed by atoms with E-state index in [0.717, 1.165) is 22.0 Å². The van der Waals surface area contributed by atoms with E-state index in [2.05, 4.69) is 6.07 Å². The van der Waals surface area contributed by atoms with Crippen LogP contribution >= 0.6 is 0 Å². The number of hydroxylamine groups is 1. The van der Waals surface area contributed by atoms with Gasteiger partial charge in [-0.25, -0.2) is 9.96 Å². The predicted molar refractivity (Wildman–Crippen MR) is 128 cm³/mol. The molecule has 2 saturated heterocycles. The highest BCUT2D eigenvalue weighted by atomic mass is 16.7. The van der Waals surface area contributed by atoms with Crippen molar-refractivity contribution in [2.24, 2.45) is 5.92 Å². The summed E-state index contributed by atoms with van der Waals surface area (Å²) in [7, 11) is 0. The number of nitriles is 1. The fraction of sp³-hybridized carbons (Fsp3) is 0.107. The molecule has 0 unspecified atom stereocenters. The van der Waals surface area contributed by atoms with Crippen LogP contribution in [0.2, 0.25) is 0 Å². The molecule has 2 fully saturated rings. The molecule has 0 N–H and O–H groups in total. The predicted octanol–water partition coefficient (Wildman–Crippen LogP) is 4.76. The van der Waals surface area contributed by atoms with Gasteiger partial charge in [0.2, 0.25) is 5.91 Å². The Morgan fingerprint density at radius 1 is 0.765 bits per heavy atom. The fourth-order valence-corrected chi connectivity index (χ4v) is 4.95. The number of hydrogen-bond donors (Lipinski definition) is 0. The summed E-state index contributed by atoms with van der Waals surface area (Å²) in [5.74, 6) is -1.39. The van der Waals surface area contributed by atoms with Crippen molar-refractivity contribution >= 4 is 34.0 Å². The van der Waals surface area contributed by atoms with E-state index < -0.39 is 18.1 Å². The highest BCUT2D eigenvalue weighted by molar-refractivity contribution is 6.26. The van der Waals surface area contributed by atoms with Crippen molar-refractivity contribution in [2.75, 3.05) is 9.96 Å². The second-order valence-corrected chi connectivity index (χ2v) is 8.40. The van der Waals surface area contributed by atoms with Gasteiger partial charge in [0.1, 0.15) is 5.92 Å². The van der Waals surface area contributed by atoms with Gasteiger partial charge < -0.3 is 0 Å². The van der Waals surface area contributed by atoms with Crippen LogP contribution < -0.4 is 9.96 Å². The minimum absolute atomic E-state index is 0.292. The summed E-state index contributed by atoms with van der Waals surface area (Å²) in [5, 5.41) is 12.7. The van der Waals surface area contributed by atoms with Gasteiger partial charge in [-0.15, -0.1) is 0 Å². The molecule has 0 radical (unpaired) electrons. The monoisotopic (exact) mass is 445 g/mol. The van der Waals surface area contributed by atoms with Crippen LogP contribution in [0.4, 0.5) is 11.4 Å². The van der Waals surface area contributed by atoms with Crippen LogP contribution in [-0.2, 0) is 14.4 Å². The number of nitrogens with zero attached hydrogens (tertiary/aromatic N) is 3. The van der Waals surface area contributed by atoms with Gasteiger partial charge in [0.25, 0.3) is 5.91 Å². The molecule has 164 valence electrons. The second kappa shape index (κ2) is 7.84. The molecule has 6 heteroatoms. The Labute approximate surface area is 196 Å². The van der Waals surface area contributed by atoms with Crippen LogP contribution in [0, 0.1) is 17.2 Å². The summed E-state index contributed by atoms with van der Waals surface area (Å²) in [6.45, 7) is 0. The summed E-state index contributed by atoms with van der Waals surface area (Å²) in [5.41, 5.74) is 2.65. The van der Waals surface area contributed by atoms with Crippen LogP contribution in [0.15, 0.2) is 97.1 Å². The number of hydrogen-bond acceptors (Lipinski definition) is 5. The zero-order valence-electron chi connectivity index (χ0n) is 18.0. The number of para-hydroxylation sites is 1. The summed E-state index contributed by atoms with van der Waals surface area (Å²) in [6.07, 6.45) is -0.938. The lowest BCUT2D eigenvalue weighted by atomic mass is 9.90. The standard InChI is InChI=1S/C28H19N3O3/c29-17-18-13-15-20(16-14-18)25-24-26(34-31(25)21-9-2-1-3-10-21)28(33)30(27(24)32)23-12-6-8-19-7-4-5-11-22(19)23/h1-16,24-26H/t24-,25-,26+/m1/s1. The summed E-state index contributed by atoms with van der Waals surface area (Å²) in [4.78, 5) is 34.9. The molecule has 4 aromatic carbocycles. The Balaban J connectivity index is 1.46. The molecule has 0 saturated carbocycles. The largest absolute Gasteiger partial charge is 0.273 e. The molecule has 3 atom stereocenters. The van der Waals surface area contributed by atoms with Crippen molar-refractivity contribution in [3.05, 3.63) is 108 Å². The van der Waals surface area contributed by atoms with Crippen LogP contribution in [-0.4, -0.2) is 17.9 Å². The van der Waals surface area contributed by atoms with Crippen molar-refractivity contribution in [1.29, 1.82) is 5.26 Å². The Bertz CT molecular complexity index is 1450. The first-order chi connectivity index (χ1) is 16.7. The molecular formula is C28H19N3O3. The molecule has 0 aromatic heterocycles. The molecule has 0 bridgehead atoms. The van der Waals surface area contributed by atoms with Crippen LogP contribution in [0.25, 0.3) is 10.8 Å². The number of benzene rings is 4. The van der Waals surface area contributed by atoms with E-state index in [9.17, 15) is 14.9 Å². The van der Waals surface area contributed by atoms with Crippen molar-refractivity contribution in [3.63, 3.8) is 0 Å². The minimum atomic E-state index is -0.938. The van der Waals surface area contributed by atoms with E-state index in [1.54, 1.807) is 23.3 Å². The maximum atomic E-state index is 13.9. The first-order valence-electron chi connectivity index (χ1n) is 11.0. The topological polar surface area (TPSA) is 73.6 Å². The average molecular weight is 445 g/mol. The molecule has 6 nitrogen and oxygen atoms in total. The van der Waals surface area contributed by atoms with E-state index in [1.807, 2.05) is 78.9 Å². The quantitative estimate of drug-likeness (QED) is 0.425. The molecule has 6 rings (SSSR count). The van der Waals surface area contributed by atoms with Gasteiger partial charge in [0.05, 0.1) is 29.0 Å². The van der Waals surface area contributed by atoms with Gasteiger partial charge in [0.15, 0.2) is 6.10 Å². The van der Waals surface area contributed by atoms with Gasteiger partial charge in [-0.1, -0.05) is 66.7 Å². The smallest absolute Gasteiger partial charge is 0.266 e. The van der Waals surface area contributed by atoms with E-state index >= 15 is 0 Å². The molecule has 4 aromatic rings. The third-order valence-electron chi connectivity index (χ3n) is 6.51. The van der Waals surface area contributed by atoms with Crippen LogP contribution in [0.1, 0.15) is 17.2 Å². The first-order valence-corrected chi connectivity index (χ1v) is 11.0. The first kappa shape index (κ1) is 20.2. The van der Waals surface area contributed by atoms with E-state index in [4.69, 9.17) is 4.84 Å². The molecule has 2 aliphatic rings. The summed E-state index contributed by atoms with van der Waals surface area (Å²) in [6, 6.07) is 31.4. The summed E-state index contributed by atoms with van der Waals surface area (Å²) < 4.78 is 0. The molecule has 2 amide bonds. The van der Waals surface area contributed by atoms with Gasteiger partial charge in [-0.05, 0) is 41.3 Å². The van der Waals surface area contributed by atoms with Crippen LogP contribution in [0.5, 0.6) is 0 Å². The lowest BCUT2D eigenvalue weighted by Gasteiger charge is -2.29. The lowest BCUT2D eigenvalue weighted by molar-refractivity contribution is -0.126. The van der Waals surface area contributed by atoms with E-state index in [0.29, 0.717) is 11.3 Å². The van der Waals surface area contributed by atoms with Crippen LogP contribution in [0.3, 0.4) is 0 Å². The number of anilines is 2. The number of fused-ring (bicyclic) bond motifs is 2. The molecule has 0 aliphatic carbocycles. The normalized spacial score (nSPS) is 21.7. The Morgan fingerprint density at radius 2 is 1.47 bits per heavy atom. The fourth-order valence-electron chi connectivity index (χ4n) is 4.95. The molecule has 34 heavy (non-hydrogen) atoms. The maximum Gasteiger partial charge on any atom is 0.266 e. The lowest BCUT2D eigenvalue weighted by Crippen LogP contribution is -2.37. The number of carbonyl (C=O) groups excluding carboxylic acids is 2. The molecular weight excluding hydrogens is 426 g/mol. The highest BCUT2D eigenvalue weighted by Gasteiger charge is 2.60. The maximum absolute atomic E-state index is 13.9. The number of rotatable bonds is 3. The Kier molecular flexibility index (Phi) is 4.65. The zero-order chi connectivity index (χ0) is 23.2. The third-order valence-corrected chi connectivity index (χ3v) is 6.51. The van der Waals surface area contributed by atoms with Gasteiger partial charge in [-0.3, -0.25) is 14.4 Å². The van der Waals surface area contributed by atoms with Crippen molar-refractivity contribution in [3.8, 4) is 6.07 Å². The SMILES string of the molecule is N#Cc1ccc([C@@H]2[C@H]3C(=O)N(c4cccc5ccccc45)C(=O)[C@H]3ON2c2ccccc2)cc1. The number of carbonyl (C=O) groups is 2.